The molecule has 94 valence electrons. The number of methoxy groups -OCH3 is 1. The lowest BCUT2D eigenvalue weighted by atomic mass is 9.86. The summed E-state index contributed by atoms with van der Waals surface area (Å²) in [5, 5.41) is 10.8. The molecule has 0 amide bonds. The Morgan fingerprint density at radius 2 is 1.94 bits per heavy atom. The number of nitrogens with two attached hydrogens (primary N) is 1. The number of rotatable bonds is 4. The molecule has 0 saturated heterocycles. The molecule has 1 aromatic carbocycles. The van der Waals surface area contributed by atoms with Gasteiger partial charge >= 0.3 is 0 Å². The summed E-state index contributed by atoms with van der Waals surface area (Å²) in [6, 6.07) is 3.99. The van der Waals surface area contributed by atoms with Gasteiger partial charge in [0.1, 0.15) is 11.4 Å². The number of aliphatic hydroxyl groups is 1. The van der Waals surface area contributed by atoms with Crippen LogP contribution in [0.15, 0.2) is 12.1 Å². The quantitative estimate of drug-likeness (QED) is 0.837. The van der Waals surface area contributed by atoms with Gasteiger partial charge in [-0.05, 0) is 55.9 Å². The van der Waals surface area contributed by atoms with Crippen LogP contribution in [0.4, 0.5) is 0 Å². The summed E-state index contributed by atoms with van der Waals surface area (Å²) in [7, 11) is 1.64. The first-order chi connectivity index (χ1) is 8.02. The van der Waals surface area contributed by atoms with Crippen LogP contribution in [0, 0.1) is 19.8 Å². The Kier molecular flexibility index (Phi) is 3.15. The molecule has 3 nitrogen and oxygen atoms in total. The molecule has 3 heteroatoms. The second-order valence-electron chi connectivity index (χ2n) is 5.04. The van der Waals surface area contributed by atoms with Gasteiger partial charge in [0.15, 0.2) is 0 Å². The highest BCUT2D eigenvalue weighted by molar-refractivity contribution is 5.46. The summed E-state index contributed by atoms with van der Waals surface area (Å²) in [6.45, 7) is 4.33. The van der Waals surface area contributed by atoms with Crippen molar-refractivity contribution >= 4 is 0 Å². The van der Waals surface area contributed by atoms with E-state index < -0.39 is 5.60 Å². The molecule has 0 aromatic heterocycles. The molecule has 2 rings (SSSR count). The molecule has 1 unspecified atom stereocenters. The summed E-state index contributed by atoms with van der Waals surface area (Å²) in [5.41, 5.74) is 8.03. The van der Waals surface area contributed by atoms with Crippen molar-refractivity contribution in [3.63, 3.8) is 0 Å². The zero-order valence-corrected chi connectivity index (χ0v) is 10.8. The van der Waals surface area contributed by atoms with E-state index in [1.54, 1.807) is 7.11 Å². The van der Waals surface area contributed by atoms with E-state index in [1.807, 2.05) is 26.0 Å². The molecule has 0 heterocycles. The van der Waals surface area contributed by atoms with Crippen LogP contribution in [0.1, 0.15) is 29.5 Å². The number of hydrogen-bond acceptors (Lipinski definition) is 3. The highest BCUT2D eigenvalue weighted by atomic mass is 16.5. The van der Waals surface area contributed by atoms with Gasteiger partial charge in [-0.2, -0.15) is 0 Å². The van der Waals surface area contributed by atoms with E-state index in [0.29, 0.717) is 0 Å². The van der Waals surface area contributed by atoms with Crippen LogP contribution in [0.3, 0.4) is 0 Å². The van der Waals surface area contributed by atoms with Gasteiger partial charge < -0.3 is 15.6 Å². The minimum absolute atomic E-state index is 0.247. The van der Waals surface area contributed by atoms with Crippen molar-refractivity contribution in [2.45, 2.75) is 32.3 Å². The molecule has 3 N–H and O–H groups in total. The molecule has 0 aliphatic heterocycles. The Morgan fingerprint density at radius 3 is 2.41 bits per heavy atom. The third kappa shape index (κ3) is 2.05. The van der Waals surface area contributed by atoms with Crippen molar-refractivity contribution < 1.29 is 9.84 Å². The summed E-state index contributed by atoms with van der Waals surface area (Å²) >= 11 is 0. The lowest BCUT2D eigenvalue weighted by Gasteiger charge is -2.29. The summed E-state index contributed by atoms with van der Waals surface area (Å²) < 4.78 is 5.39. The second-order valence-corrected chi connectivity index (χ2v) is 5.04. The molecule has 17 heavy (non-hydrogen) atoms. The van der Waals surface area contributed by atoms with E-state index in [1.165, 1.54) is 5.56 Å². The molecular weight excluding hydrogens is 214 g/mol. The van der Waals surface area contributed by atoms with Gasteiger partial charge in [0.05, 0.1) is 7.11 Å². The van der Waals surface area contributed by atoms with E-state index in [4.69, 9.17) is 10.5 Å². The molecule has 1 atom stereocenters. The lowest BCUT2D eigenvalue weighted by molar-refractivity contribution is 0.0199. The molecule has 1 fully saturated rings. The first kappa shape index (κ1) is 12.4. The predicted molar refractivity (Wildman–Crippen MR) is 68.1 cm³/mol. The normalized spacial score (nSPS) is 18.9. The molecule has 1 saturated carbocycles. The van der Waals surface area contributed by atoms with E-state index >= 15 is 0 Å². The third-order valence-electron chi connectivity index (χ3n) is 3.85. The summed E-state index contributed by atoms with van der Waals surface area (Å²) in [5.74, 6) is 1.02. The van der Waals surface area contributed by atoms with Crippen LogP contribution in [-0.4, -0.2) is 18.8 Å². The lowest BCUT2D eigenvalue weighted by Crippen LogP contribution is -2.37. The SMILES string of the molecule is COc1cc(C)c(C)cc1C(O)(CN)C1CC1. The first-order valence-corrected chi connectivity index (χ1v) is 6.11. The van der Waals surface area contributed by atoms with E-state index in [2.05, 4.69) is 0 Å². The predicted octanol–water partition coefficient (Wildman–Crippen LogP) is 1.87. The minimum Gasteiger partial charge on any atom is -0.496 e. The molecule has 1 aromatic rings. The van der Waals surface area contributed by atoms with E-state index in [9.17, 15) is 5.11 Å². The average molecular weight is 235 g/mol. The van der Waals surface area contributed by atoms with Crippen LogP contribution in [-0.2, 0) is 5.60 Å². The van der Waals surface area contributed by atoms with Crippen molar-refractivity contribution in [3.8, 4) is 5.75 Å². The van der Waals surface area contributed by atoms with Gasteiger partial charge in [0, 0.05) is 12.1 Å². The van der Waals surface area contributed by atoms with Crippen LogP contribution >= 0.6 is 0 Å². The fourth-order valence-corrected chi connectivity index (χ4v) is 2.35. The maximum absolute atomic E-state index is 10.8. The standard InChI is InChI=1S/C14H21NO2/c1-9-6-12(13(17-3)7-10(9)2)14(16,8-15)11-4-5-11/h6-7,11,16H,4-5,8,15H2,1-3H3. The van der Waals surface area contributed by atoms with Gasteiger partial charge in [-0.25, -0.2) is 0 Å². The Morgan fingerprint density at radius 1 is 1.35 bits per heavy atom. The first-order valence-electron chi connectivity index (χ1n) is 6.11. The van der Waals surface area contributed by atoms with Gasteiger partial charge in [-0.1, -0.05) is 0 Å². The van der Waals surface area contributed by atoms with Crippen LogP contribution in [0.5, 0.6) is 5.75 Å². The minimum atomic E-state index is -0.927. The van der Waals surface area contributed by atoms with Gasteiger partial charge in [0.2, 0.25) is 0 Å². The van der Waals surface area contributed by atoms with E-state index in [0.717, 1.165) is 29.7 Å². The van der Waals surface area contributed by atoms with Crippen molar-refractivity contribution in [3.05, 3.63) is 28.8 Å². The van der Waals surface area contributed by atoms with Crippen molar-refractivity contribution in [1.29, 1.82) is 0 Å². The topological polar surface area (TPSA) is 55.5 Å². The molecule has 1 aliphatic rings. The summed E-state index contributed by atoms with van der Waals surface area (Å²) in [4.78, 5) is 0. The fourth-order valence-electron chi connectivity index (χ4n) is 2.35. The van der Waals surface area contributed by atoms with Crippen LogP contribution < -0.4 is 10.5 Å². The zero-order valence-electron chi connectivity index (χ0n) is 10.8. The van der Waals surface area contributed by atoms with Gasteiger partial charge in [-0.3, -0.25) is 0 Å². The monoisotopic (exact) mass is 235 g/mol. The smallest absolute Gasteiger partial charge is 0.125 e. The van der Waals surface area contributed by atoms with Gasteiger partial charge in [-0.15, -0.1) is 0 Å². The van der Waals surface area contributed by atoms with Crippen molar-refractivity contribution in [2.75, 3.05) is 13.7 Å². The highest BCUT2D eigenvalue weighted by Crippen LogP contribution is 2.48. The molecule has 0 radical (unpaired) electrons. The largest absolute Gasteiger partial charge is 0.496 e. The number of benzene rings is 1. The maximum Gasteiger partial charge on any atom is 0.125 e. The van der Waals surface area contributed by atoms with E-state index in [-0.39, 0.29) is 12.5 Å². The number of aryl methyl sites for hydroxylation is 2. The Labute approximate surface area is 103 Å². The summed E-state index contributed by atoms with van der Waals surface area (Å²) in [6.07, 6.45) is 2.09. The van der Waals surface area contributed by atoms with Crippen molar-refractivity contribution in [1.82, 2.24) is 0 Å². The second kappa shape index (κ2) is 4.31. The van der Waals surface area contributed by atoms with Crippen molar-refractivity contribution in [2.24, 2.45) is 11.7 Å². The third-order valence-corrected chi connectivity index (χ3v) is 3.85. The average Bonchev–Trinajstić information content (AvgIpc) is 3.15. The maximum atomic E-state index is 10.8. The number of hydrogen-bond donors (Lipinski definition) is 2. The Bertz CT molecular complexity index is 426. The molecule has 0 bridgehead atoms. The molecule has 0 spiro atoms. The van der Waals surface area contributed by atoms with Crippen LogP contribution in [0.25, 0.3) is 0 Å². The van der Waals surface area contributed by atoms with Crippen LogP contribution in [0.2, 0.25) is 0 Å². The number of ether oxygens (including phenoxy) is 1. The fraction of sp³-hybridized carbons (Fsp3) is 0.571. The Hall–Kier alpha value is -1.06. The molecule has 1 aliphatic carbocycles. The Balaban J connectivity index is 2.52. The zero-order chi connectivity index (χ0) is 12.6. The van der Waals surface area contributed by atoms with Gasteiger partial charge in [0.25, 0.3) is 0 Å². The molecular formula is C14H21NO2. The highest BCUT2D eigenvalue weighted by Gasteiger charge is 2.45.